The number of hydrogen-bond donors (Lipinski definition) is 0. The molecule has 8 heteroatoms. The smallest absolute Gasteiger partial charge is 0.233 e. The molecule has 0 spiro atoms. The van der Waals surface area contributed by atoms with Gasteiger partial charge < -0.3 is 9.64 Å². The van der Waals surface area contributed by atoms with Gasteiger partial charge in [0.05, 0.1) is 0 Å². The minimum Gasteiger partial charge on any atom is -0.473 e. The molecule has 0 aromatic carbocycles. The first-order valence-electron chi connectivity index (χ1n) is 7.60. The molecule has 1 aliphatic heterocycles. The quantitative estimate of drug-likeness (QED) is 0.777. The molecule has 0 aliphatic carbocycles. The maximum Gasteiger partial charge on any atom is 0.233 e. The summed E-state index contributed by atoms with van der Waals surface area (Å²) < 4.78 is 7.49. The van der Waals surface area contributed by atoms with Gasteiger partial charge in [0, 0.05) is 56.7 Å². The lowest BCUT2D eigenvalue weighted by Crippen LogP contribution is -2.41. The predicted octanol–water partition coefficient (Wildman–Crippen LogP) is 1.66. The Morgan fingerprint density at radius 1 is 1.30 bits per heavy atom. The lowest BCUT2D eigenvalue weighted by Gasteiger charge is -2.31. The van der Waals surface area contributed by atoms with Crippen LogP contribution in [0.4, 0.5) is 0 Å². The van der Waals surface area contributed by atoms with E-state index >= 15 is 0 Å². The number of likely N-dealkylation sites (tertiary alicyclic amines) is 1. The van der Waals surface area contributed by atoms with Gasteiger partial charge in [-0.2, -0.15) is 5.10 Å². The van der Waals surface area contributed by atoms with E-state index in [0.29, 0.717) is 37.1 Å². The molecule has 0 radical (unpaired) electrons. The summed E-state index contributed by atoms with van der Waals surface area (Å²) in [6.07, 6.45) is 5.52. The lowest BCUT2D eigenvalue weighted by molar-refractivity contribution is -0.132. The highest BCUT2D eigenvalue weighted by Crippen LogP contribution is 2.18. The summed E-state index contributed by atoms with van der Waals surface area (Å²) in [5, 5.41) is 12.3. The average Bonchev–Trinajstić information content (AvgIpc) is 3.11. The second kappa shape index (κ2) is 7.41. The minimum absolute atomic E-state index is 0.0555. The van der Waals surface area contributed by atoms with Crippen molar-refractivity contribution in [2.75, 3.05) is 19.0 Å². The van der Waals surface area contributed by atoms with Crippen molar-refractivity contribution in [2.24, 2.45) is 0 Å². The van der Waals surface area contributed by atoms with Crippen molar-refractivity contribution in [2.45, 2.75) is 25.4 Å². The Labute approximate surface area is 139 Å². The van der Waals surface area contributed by atoms with E-state index in [0.717, 1.165) is 12.8 Å². The number of carbonyl (C=O) groups is 1. The van der Waals surface area contributed by atoms with Crippen molar-refractivity contribution >= 4 is 17.5 Å². The van der Waals surface area contributed by atoms with Crippen LogP contribution in [-0.2, 0) is 4.79 Å². The SMILES string of the molecule is O=C(CCCl)N1CCC(Oc2ccc(-n3cccn3)nn2)CC1. The highest BCUT2D eigenvalue weighted by Gasteiger charge is 2.23. The largest absolute Gasteiger partial charge is 0.473 e. The van der Waals surface area contributed by atoms with Gasteiger partial charge in [0.1, 0.15) is 6.10 Å². The molecule has 2 aromatic heterocycles. The lowest BCUT2D eigenvalue weighted by atomic mass is 10.1. The monoisotopic (exact) mass is 335 g/mol. The van der Waals surface area contributed by atoms with Gasteiger partial charge in [-0.25, -0.2) is 4.68 Å². The van der Waals surface area contributed by atoms with Crippen LogP contribution in [-0.4, -0.2) is 55.9 Å². The molecule has 2 aromatic rings. The molecule has 1 amide bonds. The average molecular weight is 336 g/mol. The van der Waals surface area contributed by atoms with E-state index in [1.165, 1.54) is 0 Å². The molecule has 1 saturated heterocycles. The number of piperidine rings is 1. The van der Waals surface area contributed by atoms with Crippen LogP contribution in [0.25, 0.3) is 5.82 Å². The molecule has 0 atom stereocenters. The normalized spacial score (nSPS) is 15.6. The molecule has 1 aliphatic rings. The number of carbonyl (C=O) groups excluding carboxylic acids is 1. The first-order chi connectivity index (χ1) is 11.3. The molecule has 23 heavy (non-hydrogen) atoms. The number of ether oxygens (including phenoxy) is 1. The zero-order valence-corrected chi connectivity index (χ0v) is 13.4. The van der Waals surface area contributed by atoms with Gasteiger partial charge in [0.15, 0.2) is 5.82 Å². The maximum atomic E-state index is 11.8. The molecular formula is C15H18ClN5O2. The van der Waals surface area contributed by atoms with E-state index in [1.807, 2.05) is 17.0 Å². The maximum absolute atomic E-state index is 11.8. The van der Waals surface area contributed by atoms with E-state index in [9.17, 15) is 4.79 Å². The van der Waals surface area contributed by atoms with Crippen molar-refractivity contribution in [1.29, 1.82) is 0 Å². The molecular weight excluding hydrogens is 318 g/mol. The van der Waals surface area contributed by atoms with Gasteiger partial charge in [-0.3, -0.25) is 4.79 Å². The van der Waals surface area contributed by atoms with E-state index < -0.39 is 0 Å². The number of nitrogens with zero attached hydrogens (tertiary/aromatic N) is 5. The highest BCUT2D eigenvalue weighted by atomic mass is 35.5. The van der Waals surface area contributed by atoms with Crippen molar-refractivity contribution < 1.29 is 9.53 Å². The number of amides is 1. The fraction of sp³-hybridized carbons (Fsp3) is 0.467. The van der Waals surface area contributed by atoms with Gasteiger partial charge in [-0.05, 0) is 12.1 Å². The van der Waals surface area contributed by atoms with Crippen LogP contribution in [0.2, 0.25) is 0 Å². The predicted molar refractivity (Wildman–Crippen MR) is 84.7 cm³/mol. The van der Waals surface area contributed by atoms with Gasteiger partial charge >= 0.3 is 0 Å². The fourth-order valence-corrected chi connectivity index (χ4v) is 2.70. The Morgan fingerprint density at radius 2 is 2.13 bits per heavy atom. The number of halogens is 1. The Balaban J connectivity index is 1.52. The minimum atomic E-state index is 0.0555. The van der Waals surface area contributed by atoms with E-state index in [1.54, 1.807) is 23.1 Å². The number of aromatic nitrogens is 4. The van der Waals surface area contributed by atoms with Crippen molar-refractivity contribution in [3.63, 3.8) is 0 Å². The van der Waals surface area contributed by atoms with Crippen LogP contribution in [0.15, 0.2) is 30.6 Å². The summed E-state index contributed by atoms with van der Waals surface area (Å²) in [5.41, 5.74) is 0. The molecule has 7 nitrogen and oxygen atoms in total. The Morgan fingerprint density at radius 3 is 2.74 bits per heavy atom. The van der Waals surface area contributed by atoms with Crippen LogP contribution < -0.4 is 4.74 Å². The third-order valence-corrected chi connectivity index (χ3v) is 3.94. The Hall–Kier alpha value is -2.15. The molecule has 0 saturated carbocycles. The summed E-state index contributed by atoms with van der Waals surface area (Å²) >= 11 is 5.61. The van der Waals surface area contributed by atoms with Crippen molar-refractivity contribution in [1.82, 2.24) is 24.9 Å². The fourth-order valence-electron chi connectivity index (χ4n) is 2.54. The molecule has 0 bridgehead atoms. The molecule has 122 valence electrons. The number of rotatable bonds is 5. The first kappa shape index (κ1) is 15.7. The van der Waals surface area contributed by atoms with Crippen molar-refractivity contribution in [3.05, 3.63) is 30.6 Å². The zero-order valence-electron chi connectivity index (χ0n) is 12.6. The standard InChI is InChI=1S/C15H18ClN5O2/c16-7-4-15(22)20-10-5-12(6-11-20)23-14-3-2-13(18-19-14)21-9-1-8-17-21/h1-3,8-9,12H,4-7,10-11H2. The van der Waals surface area contributed by atoms with Crippen LogP contribution in [0, 0.1) is 0 Å². The summed E-state index contributed by atoms with van der Waals surface area (Å²) in [4.78, 5) is 13.6. The summed E-state index contributed by atoms with van der Waals surface area (Å²) in [5.74, 6) is 1.62. The Kier molecular flexibility index (Phi) is 5.07. The van der Waals surface area contributed by atoms with E-state index in [2.05, 4.69) is 15.3 Å². The summed E-state index contributed by atoms with van der Waals surface area (Å²) in [6.45, 7) is 1.39. The van der Waals surface area contributed by atoms with Gasteiger partial charge in [0.25, 0.3) is 0 Å². The molecule has 3 rings (SSSR count). The topological polar surface area (TPSA) is 73.1 Å². The van der Waals surface area contributed by atoms with Crippen LogP contribution in [0.1, 0.15) is 19.3 Å². The van der Waals surface area contributed by atoms with E-state index in [-0.39, 0.29) is 12.0 Å². The number of alkyl halides is 1. The van der Waals surface area contributed by atoms with Gasteiger partial charge in [0.2, 0.25) is 11.8 Å². The van der Waals surface area contributed by atoms with Crippen LogP contribution in [0.5, 0.6) is 5.88 Å². The first-order valence-corrected chi connectivity index (χ1v) is 8.14. The summed E-state index contributed by atoms with van der Waals surface area (Å²) in [7, 11) is 0. The highest BCUT2D eigenvalue weighted by molar-refractivity contribution is 6.18. The second-order valence-electron chi connectivity index (χ2n) is 5.32. The third kappa shape index (κ3) is 3.98. The second-order valence-corrected chi connectivity index (χ2v) is 5.70. The summed E-state index contributed by atoms with van der Waals surface area (Å²) in [6, 6.07) is 5.43. The number of hydrogen-bond acceptors (Lipinski definition) is 5. The van der Waals surface area contributed by atoms with Crippen molar-refractivity contribution in [3.8, 4) is 11.7 Å². The molecule has 1 fully saturated rings. The van der Waals surface area contributed by atoms with Crippen LogP contribution >= 0.6 is 11.6 Å². The van der Waals surface area contributed by atoms with Gasteiger partial charge in [-0.1, -0.05) is 0 Å². The molecule has 0 unspecified atom stereocenters. The molecule has 3 heterocycles. The zero-order chi connectivity index (χ0) is 16.1. The van der Waals surface area contributed by atoms with Gasteiger partial charge in [-0.15, -0.1) is 21.8 Å². The molecule has 0 N–H and O–H groups in total. The van der Waals surface area contributed by atoms with Crippen LogP contribution in [0.3, 0.4) is 0 Å². The third-order valence-electron chi connectivity index (χ3n) is 3.76. The Bertz CT molecular complexity index is 624. The van der Waals surface area contributed by atoms with E-state index in [4.69, 9.17) is 16.3 Å².